The number of hydrogen-bond acceptors (Lipinski definition) is 3. The average molecular weight is 429 g/mol. The van der Waals surface area contributed by atoms with Gasteiger partial charge >= 0.3 is 0 Å². The first kappa shape index (κ1) is 24.4. The molecule has 1 N–H and O–H groups in total. The largest absolute Gasteiger partial charge is 0.483 e. The van der Waals surface area contributed by atoms with Crippen molar-refractivity contribution in [3.05, 3.63) is 65.0 Å². The van der Waals surface area contributed by atoms with Crippen LogP contribution >= 0.6 is 0 Å². The van der Waals surface area contributed by atoms with E-state index in [-0.39, 0.29) is 30.8 Å². The number of carbonyl (C=O) groups is 2. The van der Waals surface area contributed by atoms with Crippen molar-refractivity contribution in [2.45, 2.75) is 66.1 Å². The minimum atomic E-state index is -0.667. The van der Waals surface area contributed by atoms with Gasteiger partial charge in [-0.15, -0.1) is 0 Å². The molecule has 0 unspecified atom stereocenters. The standard InChI is InChI=1S/C25H33FN2O3/c1-7-21(24(30)27-25(4,5)6)28(15-19-9-11-20(26)12-10-19)23(29)16-31-22-13-8-17(2)14-18(22)3/h8-14,21H,7,15-16H2,1-6H3,(H,27,30)/t21-/m0/s1. The zero-order valence-corrected chi connectivity index (χ0v) is 19.3. The molecule has 1 atom stereocenters. The van der Waals surface area contributed by atoms with E-state index in [9.17, 15) is 14.0 Å². The second kappa shape index (κ2) is 10.4. The van der Waals surface area contributed by atoms with Gasteiger partial charge in [0.05, 0.1) is 0 Å². The van der Waals surface area contributed by atoms with Crippen LogP contribution in [0, 0.1) is 19.7 Å². The summed E-state index contributed by atoms with van der Waals surface area (Å²) in [7, 11) is 0. The van der Waals surface area contributed by atoms with E-state index in [2.05, 4.69) is 5.32 Å². The Hall–Kier alpha value is -2.89. The fourth-order valence-corrected chi connectivity index (χ4v) is 3.34. The van der Waals surface area contributed by atoms with E-state index in [1.807, 2.05) is 59.7 Å². The van der Waals surface area contributed by atoms with Crippen molar-refractivity contribution in [2.75, 3.05) is 6.61 Å². The summed E-state index contributed by atoms with van der Waals surface area (Å²) in [5, 5.41) is 2.96. The predicted octanol–water partition coefficient (Wildman–Crippen LogP) is 4.54. The lowest BCUT2D eigenvalue weighted by Gasteiger charge is -2.33. The highest BCUT2D eigenvalue weighted by Gasteiger charge is 2.31. The SMILES string of the molecule is CC[C@@H](C(=O)NC(C)(C)C)N(Cc1ccc(F)cc1)C(=O)COc1ccc(C)cc1C. The van der Waals surface area contributed by atoms with Crippen molar-refractivity contribution >= 4 is 11.8 Å². The van der Waals surface area contributed by atoms with Crippen LogP contribution in [-0.4, -0.2) is 34.9 Å². The Morgan fingerprint density at radius 1 is 1.10 bits per heavy atom. The molecule has 2 amide bonds. The van der Waals surface area contributed by atoms with E-state index in [0.717, 1.165) is 16.7 Å². The van der Waals surface area contributed by atoms with Crippen molar-refractivity contribution in [3.63, 3.8) is 0 Å². The Balaban J connectivity index is 2.24. The Bertz CT molecular complexity index is 904. The number of aryl methyl sites for hydroxylation is 2. The van der Waals surface area contributed by atoms with Crippen LogP contribution in [-0.2, 0) is 16.1 Å². The van der Waals surface area contributed by atoms with Crippen molar-refractivity contribution in [3.8, 4) is 5.75 Å². The Morgan fingerprint density at radius 2 is 1.74 bits per heavy atom. The van der Waals surface area contributed by atoms with Crippen LogP contribution in [0.15, 0.2) is 42.5 Å². The maximum Gasteiger partial charge on any atom is 0.261 e. The van der Waals surface area contributed by atoms with Gasteiger partial charge in [0.15, 0.2) is 6.61 Å². The maximum absolute atomic E-state index is 13.3. The van der Waals surface area contributed by atoms with Crippen LogP contribution in [0.4, 0.5) is 4.39 Å². The molecule has 0 aliphatic rings. The lowest BCUT2D eigenvalue weighted by molar-refractivity contribution is -0.143. The number of carbonyl (C=O) groups excluding carboxylic acids is 2. The van der Waals surface area contributed by atoms with Crippen LogP contribution in [0.3, 0.4) is 0 Å². The van der Waals surface area contributed by atoms with Crippen molar-refractivity contribution < 1.29 is 18.7 Å². The van der Waals surface area contributed by atoms with Gasteiger partial charge in [-0.25, -0.2) is 4.39 Å². The molecule has 0 heterocycles. The van der Waals surface area contributed by atoms with E-state index < -0.39 is 11.6 Å². The molecule has 168 valence electrons. The molecule has 0 aliphatic carbocycles. The molecule has 5 nitrogen and oxygen atoms in total. The summed E-state index contributed by atoms with van der Waals surface area (Å²) in [4.78, 5) is 27.6. The third-order valence-corrected chi connectivity index (χ3v) is 4.83. The van der Waals surface area contributed by atoms with E-state index in [0.29, 0.717) is 12.2 Å². The van der Waals surface area contributed by atoms with Gasteiger partial charge in [-0.2, -0.15) is 0 Å². The van der Waals surface area contributed by atoms with Gasteiger partial charge < -0.3 is 15.0 Å². The molecule has 0 aliphatic heterocycles. The van der Waals surface area contributed by atoms with E-state index in [1.54, 1.807) is 12.1 Å². The van der Waals surface area contributed by atoms with E-state index >= 15 is 0 Å². The zero-order chi connectivity index (χ0) is 23.2. The van der Waals surface area contributed by atoms with Crippen molar-refractivity contribution in [2.24, 2.45) is 0 Å². The molecule has 31 heavy (non-hydrogen) atoms. The number of rotatable bonds is 8. The lowest BCUT2D eigenvalue weighted by atomic mass is 10.1. The monoisotopic (exact) mass is 428 g/mol. The predicted molar refractivity (Wildman–Crippen MR) is 120 cm³/mol. The van der Waals surface area contributed by atoms with Crippen LogP contribution in [0.2, 0.25) is 0 Å². The van der Waals surface area contributed by atoms with Gasteiger partial charge in [-0.05, 0) is 70.4 Å². The summed E-state index contributed by atoms with van der Waals surface area (Å²) in [5.74, 6) is -0.248. The first-order chi connectivity index (χ1) is 14.5. The summed E-state index contributed by atoms with van der Waals surface area (Å²) < 4.78 is 19.1. The Morgan fingerprint density at radius 3 is 2.29 bits per heavy atom. The van der Waals surface area contributed by atoms with Gasteiger partial charge in [-0.3, -0.25) is 9.59 Å². The Kier molecular flexibility index (Phi) is 8.20. The Labute approximate surface area is 184 Å². The van der Waals surface area contributed by atoms with Crippen LogP contribution in [0.1, 0.15) is 50.8 Å². The second-order valence-electron chi connectivity index (χ2n) is 8.87. The molecule has 6 heteroatoms. The second-order valence-corrected chi connectivity index (χ2v) is 8.87. The number of ether oxygens (including phenoxy) is 1. The third-order valence-electron chi connectivity index (χ3n) is 4.83. The summed E-state index contributed by atoms with van der Waals surface area (Å²) in [6, 6.07) is 11.0. The molecule has 2 rings (SSSR count). The highest BCUT2D eigenvalue weighted by Crippen LogP contribution is 2.20. The number of benzene rings is 2. The summed E-state index contributed by atoms with van der Waals surface area (Å²) in [6.07, 6.45) is 0.443. The first-order valence-corrected chi connectivity index (χ1v) is 10.6. The molecule has 0 fully saturated rings. The van der Waals surface area contributed by atoms with E-state index in [4.69, 9.17) is 4.74 Å². The lowest BCUT2D eigenvalue weighted by Crippen LogP contribution is -2.54. The molecular formula is C25H33FN2O3. The average Bonchev–Trinajstić information content (AvgIpc) is 2.67. The summed E-state index contributed by atoms with van der Waals surface area (Å²) in [5.41, 5.74) is 2.36. The van der Waals surface area contributed by atoms with Crippen LogP contribution < -0.4 is 10.1 Å². The number of nitrogens with zero attached hydrogens (tertiary/aromatic N) is 1. The summed E-state index contributed by atoms with van der Waals surface area (Å²) in [6.45, 7) is 11.5. The summed E-state index contributed by atoms with van der Waals surface area (Å²) >= 11 is 0. The highest BCUT2D eigenvalue weighted by atomic mass is 19.1. The number of hydrogen-bond donors (Lipinski definition) is 1. The molecule has 0 saturated heterocycles. The van der Waals surface area contributed by atoms with Crippen molar-refractivity contribution in [1.29, 1.82) is 0 Å². The van der Waals surface area contributed by atoms with Gasteiger partial charge in [0.25, 0.3) is 5.91 Å². The zero-order valence-electron chi connectivity index (χ0n) is 19.3. The molecular weight excluding hydrogens is 395 g/mol. The smallest absolute Gasteiger partial charge is 0.261 e. The first-order valence-electron chi connectivity index (χ1n) is 10.6. The molecule has 2 aromatic carbocycles. The van der Waals surface area contributed by atoms with Crippen molar-refractivity contribution in [1.82, 2.24) is 10.2 Å². The van der Waals surface area contributed by atoms with Gasteiger partial charge in [0, 0.05) is 12.1 Å². The van der Waals surface area contributed by atoms with Crippen LogP contribution in [0.25, 0.3) is 0 Å². The molecule has 0 saturated carbocycles. The van der Waals surface area contributed by atoms with E-state index in [1.165, 1.54) is 17.0 Å². The molecule has 0 radical (unpaired) electrons. The minimum absolute atomic E-state index is 0.186. The minimum Gasteiger partial charge on any atom is -0.483 e. The number of amides is 2. The van der Waals surface area contributed by atoms with Gasteiger partial charge in [0.1, 0.15) is 17.6 Å². The molecule has 0 spiro atoms. The number of nitrogens with one attached hydrogen (secondary N) is 1. The number of halogens is 1. The quantitative estimate of drug-likeness (QED) is 0.671. The normalized spacial score (nSPS) is 12.2. The molecule has 0 aromatic heterocycles. The maximum atomic E-state index is 13.3. The molecule has 0 bridgehead atoms. The fraction of sp³-hybridized carbons (Fsp3) is 0.440. The van der Waals surface area contributed by atoms with Crippen LogP contribution in [0.5, 0.6) is 5.75 Å². The highest BCUT2D eigenvalue weighted by molar-refractivity contribution is 5.88. The third kappa shape index (κ3) is 7.39. The van der Waals surface area contributed by atoms with Gasteiger partial charge in [-0.1, -0.05) is 36.8 Å². The topological polar surface area (TPSA) is 58.6 Å². The van der Waals surface area contributed by atoms with Gasteiger partial charge in [0.2, 0.25) is 5.91 Å². The molecule has 2 aromatic rings. The fourth-order valence-electron chi connectivity index (χ4n) is 3.34.